The number of hydrogen-bond donors (Lipinski definition) is 0. The Morgan fingerprint density at radius 2 is 1.88 bits per heavy atom. The first-order chi connectivity index (χ1) is 7.75. The highest BCUT2D eigenvalue weighted by molar-refractivity contribution is 9.10. The average molecular weight is 314 g/mol. The zero-order chi connectivity index (χ0) is 11.4. The molecule has 2 aromatic rings. The average Bonchev–Trinajstić information content (AvgIpc) is 2.28. The van der Waals surface area contributed by atoms with Crippen LogP contribution in [0.5, 0.6) is 0 Å². The smallest absolute Gasteiger partial charge is 0.0417 e. The molecule has 16 heavy (non-hydrogen) atoms. The molecular formula is C13H10BrClS. The molecule has 3 heteroatoms. The molecule has 0 heterocycles. The van der Waals surface area contributed by atoms with Crippen LogP contribution in [0.2, 0.25) is 5.02 Å². The van der Waals surface area contributed by atoms with Gasteiger partial charge >= 0.3 is 0 Å². The van der Waals surface area contributed by atoms with Crippen LogP contribution < -0.4 is 0 Å². The number of hydrogen-bond acceptors (Lipinski definition) is 1. The van der Waals surface area contributed by atoms with Crippen molar-refractivity contribution in [2.75, 3.05) is 0 Å². The van der Waals surface area contributed by atoms with Crippen molar-refractivity contribution in [2.24, 2.45) is 0 Å². The zero-order valence-corrected chi connectivity index (χ0v) is 11.6. The molecule has 82 valence electrons. The second kappa shape index (κ2) is 5.76. The van der Waals surface area contributed by atoms with Gasteiger partial charge in [0.25, 0.3) is 0 Å². The van der Waals surface area contributed by atoms with Gasteiger partial charge in [-0.2, -0.15) is 0 Å². The monoisotopic (exact) mass is 312 g/mol. The van der Waals surface area contributed by atoms with Crippen molar-refractivity contribution in [3.8, 4) is 0 Å². The number of rotatable bonds is 3. The second-order valence-electron chi connectivity index (χ2n) is 3.34. The van der Waals surface area contributed by atoms with Crippen LogP contribution in [0.4, 0.5) is 0 Å². The minimum absolute atomic E-state index is 0.789. The van der Waals surface area contributed by atoms with E-state index < -0.39 is 0 Å². The van der Waals surface area contributed by atoms with E-state index in [9.17, 15) is 0 Å². The molecule has 0 N–H and O–H groups in total. The van der Waals surface area contributed by atoms with Gasteiger partial charge in [-0.1, -0.05) is 51.8 Å². The fourth-order valence-electron chi connectivity index (χ4n) is 1.33. The van der Waals surface area contributed by atoms with E-state index in [1.165, 1.54) is 10.5 Å². The quantitative estimate of drug-likeness (QED) is 0.684. The predicted molar refractivity (Wildman–Crippen MR) is 75.2 cm³/mol. The van der Waals surface area contributed by atoms with E-state index in [2.05, 4.69) is 40.2 Å². The molecule has 0 spiro atoms. The number of benzene rings is 2. The van der Waals surface area contributed by atoms with Crippen LogP contribution in [0.1, 0.15) is 5.56 Å². The molecule has 0 unspecified atom stereocenters. The third-order valence-corrected chi connectivity index (χ3v) is 4.20. The van der Waals surface area contributed by atoms with Crippen LogP contribution in [0.3, 0.4) is 0 Å². The Morgan fingerprint density at radius 1 is 1.06 bits per heavy atom. The molecule has 2 rings (SSSR count). The summed E-state index contributed by atoms with van der Waals surface area (Å²) >= 11 is 11.3. The SMILES string of the molecule is Clc1cccc(SCc2ccccc2Br)c1. The van der Waals surface area contributed by atoms with Crippen LogP contribution in [0, 0.1) is 0 Å². The van der Waals surface area contributed by atoms with Crippen LogP contribution >= 0.6 is 39.3 Å². The minimum atomic E-state index is 0.789. The maximum Gasteiger partial charge on any atom is 0.0417 e. The van der Waals surface area contributed by atoms with Crippen LogP contribution in [0.15, 0.2) is 57.9 Å². The summed E-state index contributed by atoms with van der Waals surface area (Å²) in [5.41, 5.74) is 1.30. The van der Waals surface area contributed by atoms with Gasteiger partial charge in [0.1, 0.15) is 0 Å². The summed E-state index contributed by atoms with van der Waals surface area (Å²) in [6, 6.07) is 16.2. The molecule has 0 aliphatic carbocycles. The highest BCUT2D eigenvalue weighted by Gasteiger charge is 2.00. The lowest BCUT2D eigenvalue weighted by molar-refractivity contribution is 1.36. The summed E-state index contributed by atoms with van der Waals surface area (Å²) in [7, 11) is 0. The van der Waals surface area contributed by atoms with Crippen LogP contribution in [-0.2, 0) is 5.75 Å². The van der Waals surface area contributed by atoms with Crippen LogP contribution in [-0.4, -0.2) is 0 Å². The normalized spacial score (nSPS) is 10.4. The van der Waals surface area contributed by atoms with Crippen molar-refractivity contribution in [3.05, 3.63) is 63.6 Å². The van der Waals surface area contributed by atoms with E-state index >= 15 is 0 Å². The molecule has 0 saturated carbocycles. The predicted octanol–water partition coefficient (Wildman–Crippen LogP) is 5.39. The van der Waals surface area contributed by atoms with Gasteiger partial charge in [0.15, 0.2) is 0 Å². The van der Waals surface area contributed by atoms with E-state index in [0.29, 0.717) is 0 Å². The van der Waals surface area contributed by atoms with E-state index in [4.69, 9.17) is 11.6 Å². The van der Waals surface area contributed by atoms with Crippen LogP contribution in [0.25, 0.3) is 0 Å². The molecule has 0 atom stereocenters. The molecular weight excluding hydrogens is 304 g/mol. The van der Waals surface area contributed by atoms with E-state index in [-0.39, 0.29) is 0 Å². The summed E-state index contributed by atoms with van der Waals surface area (Å²) in [6.07, 6.45) is 0. The van der Waals surface area contributed by atoms with Gasteiger partial charge < -0.3 is 0 Å². The maximum atomic E-state index is 5.94. The largest absolute Gasteiger partial charge is 0.121 e. The molecule has 0 nitrogen and oxygen atoms in total. The Morgan fingerprint density at radius 3 is 2.62 bits per heavy atom. The molecule has 0 saturated heterocycles. The van der Waals surface area contributed by atoms with Gasteiger partial charge in [-0.15, -0.1) is 11.8 Å². The van der Waals surface area contributed by atoms with Crippen molar-refractivity contribution in [2.45, 2.75) is 10.6 Å². The number of halogens is 2. The molecule has 2 aromatic carbocycles. The summed E-state index contributed by atoms with van der Waals surface area (Å²) in [5.74, 6) is 0.946. The summed E-state index contributed by atoms with van der Waals surface area (Å²) < 4.78 is 1.16. The second-order valence-corrected chi connectivity index (χ2v) is 5.68. The fraction of sp³-hybridized carbons (Fsp3) is 0.0769. The van der Waals surface area contributed by atoms with Gasteiger partial charge in [0.2, 0.25) is 0 Å². The Balaban J connectivity index is 2.05. The van der Waals surface area contributed by atoms with Gasteiger partial charge in [0, 0.05) is 20.1 Å². The van der Waals surface area contributed by atoms with E-state index in [0.717, 1.165) is 15.2 Å². The van der Waals surface area contributed by atoms with Crippen molar-refractivity contribution >= 4 is 39.3 Å². The van der Waals surface area contributed by atoms with Gasteiger partial charge in [-0.05, 0) is 29.8 Å². The Kier molecular flexibility index (Phi) is 4.33. The molecule has 0 aromatic heterocycles. The molecule has 0 aliphatic rings. The molecule has 0 radical (unpaired) electrons. The first-order valence-electron chi connectivity index (χ1n) is 4.87. The van der Waals surface area contributed by atoms with Gasteiger partial charge in [0.05, 0.1) is 0 Å². The third kappa shape index (κ3) is 3.27. The first kappa shape index (κ1) is 12.0. The third-order valence-electron chi connectivity index (χ3n) is 2.15. The fourth-order valence-corrected chi connectivity index (χ4v) is 3.16. The highest BCUT2D eigenvalue weighted by atomic mass is 79.9. The molecule has 0 amide bonds. The molecule has 0 aliphatic heterocycles. The molecule has 0 bridgehead atoms. The summed E-state index contributed by atoms with van der Waals surface area (Å²) in [5, 5.41) is 0.789. The van der Waals surface area contributed by atoms with E-state index in [1.807, 2.05) is 24.3 Å². The minimum Gasteiger partial charge on any atom is -0.121 e. The van der Waals surface area contributed by atoms with Crippen molar-refractivity contribution in [3.63, 3.8) is 0 Å². The van der Waals surface area contributed by atoms with Crippen molar-refractivity contribution in [1.29, 1.82) is 0 Å². The summed E-state index contributed by atoms with van der Waals surface area (Å²) in [6.45, 7) is 0. The highest BCUT2D eigenvalue weighted by Crippen LogP contribution is 2.28. The topological polar surface area (TPSA) is 0 Å². The van der Waals surface area contributed by atoms with Gasteiger partial charge in [-0.3, -0.25) is 0 Å². The Hall–Kier alpha value is -0.440. The van der Waals surface area contributed by atoms with Gasteiger partial charge in [-0.25, -0.2) is 0 Å². The van der Waals surface area contributed by atoms with E-state index in [1.54, 1.807) is 11.8 Å². The lowest BCUT2D eigenvalue weighted by Gasteiger charge is -2.04. The standard InChI is InChI=1S/C13H10BrClS/c14-13-7-2-1-4-10(13)9-16-12-6-3-5-11(15)8-12/h1-8H,9H2. The number of thioether (sulfide) groups is 1. The maximum absolute atomic E-state index is 5.94. The molecule has 0 fully saturated rings. The zero-order valence-electron chi connectivity index (χ0n) is 8.49. The Bertz CT molecular complexity index is 485. The Labute approximate surface area is 113 Å². The summed E-state index contributed by atoms with van der Waals surface area (Å²) in [4.78, 5) is 1.20. The first-order valence-corrected chi connectivity index (χ1v) is 7.03. The van der Waals surface area contributed by atoms with Crippen molar-refractivity contribution < 1.29 is 0 Å². The lowest BCUT2D eigenvalue weighted by atomic mass is 10.2. The van der Waals surface area contributed by atoms with Crippen molar-refractivity contribution in [1.82, 2.24) is 0 Å². The lowest BCUT2D eigenvalue weighted by Crippen LogP contribution is -1.82.